The van der Waals surface area contributed by atoms with Crippen molar-refractivity contribution in [3.8, 4) is 0 Å². The molecule has 0 bridgehead atoms. The number of morpholine rings is 1. The third kappa shape index (κ3) is 3.93. The van der Waals surface area contributed by atoms with Crippen molar-refractivity contribution in [3.05, 3.63) is 24.0 Å². The fourth-order valence-corrected chi connectivity index (χ4v) is 2.51. The number of hydrogen-bond donors (Lipinski definition) is 1. The lowest BCUT2D eigenvalue weighted by atomic mass is 10.1. The lowest BCUT2D eigenvalue weighted by Gasteiger charge is -2.38. The third-order valence-electron chi connectivity index (χ3n) is 3.70. The van der Waals surface area contributed by atoms with E-state index in [9.17, 15) is 0 Å². The molecule has 0 aliphatic carbocycles. The van der Waals surface area contributed by atoms with Gasteiger partial charge >= 0.3 is 0 Å². The number of ether oxygens (including phenoxy) is 1. The maximum atomic E-state index is 5.61. The van der Waals surface area contributed by atoms with E-state index in [0.29, 0.717) is 6.04 Å². The first-order valence-electron chi connectivity index (χ1n) is 7.53. The number of hydrogen-bond acceptors (Lipinski definition) is 4. The van der Waals surface area contributed by atoms with E-state index in [1.54, 1.807) is 0 Å². The summed E-state index contributed by atoms with van der Waals surface area (Å²) >= 11 is 0. The number of nitrogens with zero attached hydrogens (tertiary/aromatic N) is 2. The van der Waals surface area contributed by atoms with E-state index in [0.717, 1.165) is 32.7 Å². The number of rotatable bonds is 4. The average molecular weight is 277 g/mol. The van der Waals surface area contributed by atoms with Crippen LogP contribution in [-0.2, 0) is 11.3 Å². The van der Waals surface area contributed by atoms with E-state index >= 15 is 0 Å². The molecule has 1 saturated heterocycles. The van der Waals surface area contributed by atoms with Crippen LogP contribution >= 0.6 is 0 Å². The van der Waals surface area contributed by atoms with Crippen LogP contribution in [-0.4, -0.2) is 36.3 Å². The predicted octanol–water partition coefficient (Wildman–Crippen LogP) is 2.58. The molecule has 1 aromatic heterocycles. The van der Waals surface area contributed by atoms with E-state index < -0.39 is 0 Å². The summed E-state index contributed by atoms with van der Waals surface area (Å²) in [5.74, 6) is 0. The minimum Gasteiger partial charge on any atom is -0.377 e. The Morgan fingerprint density at radius 2 is 2.25 bits per heavy atom. The molecule has 0 aromatic carbocycles. The Balaban J connectivity index is 2.18. The van der Waals surface area contributed by atoms with Crippen molar-refractivity contribution in [3.63, 3.8) is 0 Å². The van der Waals surface area contributed by atoms with Gasteiger partial charge < -0.3 is 15.0 Å². The molecule has 1 atom stereocenters. The summed E-state index contributed by atoms with van der Waals surface area (Å²) in [6, 6.07) is 2.60. The smallest absolute Gasteiger partial charge is 0.0670 e. The van der Waals surface area contributed by atoms with Crippen molar-refractivity contribution in [2.75, 3.05) is 24.7 Å². The first-order valence-corrected chi connectivity index (χ1v) is 7.53. The van der Waals surface area contributed by atoms with Gasteiger partial charge in [-0.1, -0.05) is 6.92 Å². The van der Waals surface area contributed by atoms with Crippen LogP contribution < -0.4 is 10.2 Å². The third-order valence-corrected chi connectivity index (χ3v) is 3.70. The van der Waals surface area contributed by atoms with Crippen molar-refractivity contribution in [2.24, 2.45) is 0 Å². The van der Waals surface area contributed by atoms with Gasteiger partial charge in [0.1, 0.15) is 0 Å². The Labute approximate surface area is 122 Å². The highest BCUT2D eigenvalue weighted by atomic mass is 16.5. The Morgan fingerprint density at radius 1 is 1.45 bits per heavy atom. The molecule has 0 radical (unpaired) electrons. The van der Waals surface area contributed by atoms with Crippen LogP contribution in [0, 0.1) is 0 Å². The van der Waals surface area contributed by atoms with Gasteiger partial charge in [0, 0.05) is 42.3 Å². The van der Waals surface area contributed by atoms with Crippen molar-refractivity contribution in [2.45, 2.75) is 52.2 Å². The second-order valence-corrected chi connectivity index (χ2v) is 6.44. The Kier molecular flexibility index (Phi) is 5.00. The molecule has 1 aromatic rings. The molecule has 4 heteroatoms. The lowest BCUT2D eigenvalue weighted by molar-refractivity contribution is 0.0929. The Bertz CT molecular complexity index is 428. The monoisotopic (exact) mass is 277 g/mol. The van der Waals surface area contributed by atoms with Crippen molar-refractivity contribution in [1.82, 2.24) is 10.3 Å². The quantitative estimate of drug-likeness (QED) is 0.918. The van der Waals surface area contributed by atoms with E-state index in [-0.39, 0.29) is 5.54 Å². The molecule has 2 rings (SSSR count). The zero-order chi connectivity index (χ0) is 14.6. The summed E-state index contributed by atoms with van der Waals surface area (Å²) in [4.78, 5) is 6.77. The largest absolute Gasteiger partial charge is 0.377 e. The first kappa shape index (κ1) is 15.3. The van der Waals surface area contributed by atoms with Crippen LogP contribution in [0.25, 0.3) is 0 Å². The minimum absolute atomic E-state index is 0.113. The summed E-state index contributed by atoms with van der Waals surface area (Å²) < 4.78 is 5.61. The first-order chi connectivity index (χ1) is 9.51. The van der Waals surface area contributed by atoms with Crippen LogP contribution in [0.3, 0.4) is 0 Å². The van der Waals surface area contributed by atoms with Crippen LogP contribution in [0.2, 0.25) is 0 Å². The van der Waals surface area contributed by atoms with Crippen molar-refractivity contribution >= 4 is 5.69 Å². The molecule has 2 heterocycles. The Morgan fingerprint density at radius 3 is 2.95 bits per heavy atom. The highest BCUT2D eigenvalue weighted by Gasteiger charge is 2.23. The van der Waals surface area contributed by atoms with E-state index in [2.05, 4.69) is 49.0 Å². The zero-order valence-electron chi connectivity index (χ0n) is 13.1. The van der Waals surface area contributed by atoms with Crippen molar-refractivity contribution in [1.29, 1.82) is 0 Å². The second-order valence-electron chi connectivity index (χ2n) is 6.44. The molecular formula is C16H27N3O. The van der Waals surface area contributed by atoms with Crippen molar-refractivity contribution < 1.29 is 4.74 Å². The maximum absolute atomic E-state index is 5.61. The molecule has 20 heavy (non-hydrogen) atoms. The van der Waals surface area contributed by atoms with Crippen LogP contribution in [0.15, 0.2) is 18.5 Å². The fraction of sp³-hybridized carbons (Fsp3) is 0.688. The van der Waals surface area contributed by atoms with Gasteiger partial charge in [0.05, 0.1) is 19.3 Å². The normalized spacial score (nSPS) is 20.2. The SMILES string of the molecule is CCC1COCCN1c1ccncc1CNC(C)(C)C. The lowest BCUT2D eigenvalue weighted by Crippen LogP contribution is -2.46. The molecule has 4 nitrogen and oxygen atoms in total. The van der Waals surface area contributed by atoms with E-state index in [1.807, 2.05) is 12.4 Å². The number of pyridine rings is 1. The molecular weight excluding hydrogens is 250 g/mol. The number of anilines is 1. The topological polar surface area (TPSA) is 37.4 Å². The van der Waals surface area contributed by atoms with Gasteiger partial charge in [-0.2, -0.15) is 0 Å². The Hall–Kier alpha value is -1.13. The minimum atomic E-state index is 0.113. The molecule has 1 fully saturated rings. The van der Waals surface area contributed by atoms with Gasteiger partial charge in [-0.05, 0) is 33.3 Å². The van der Waals surface area contributed by atoms with Gasteiger partial charge in [0.15, 0.2) is 0 Å². The second kappa shape index (κ2) is 6.55. The molecule has 0 amide bonds. The highest BCUT2D eigenvalue weighted by Crippen LogP contribution is 2.25. The summed E-state index contributed by atoms with van der Waals surface area (Å²) in [6.07, 6.45) is 4.98. The molecule has 1 aliphatic heterocycles. The zero-order valence-corrected chi connectivity index (χ0v) is 13.1. The molecule has 112 valence electrons. The summed E-state index contributed by atoms with van der Waals surface area (Å²) in [7, 11) is 0. The number of nitrogens with one attached hydrogen (secondary N) is 1. The van der Waals surface area contributed by atoms with E-state index in [4.69, 9.17) is 4.74 Å². The van der Waals surface area contributed by atoms with Crippen LogP contribution in [0.1, 0.15) is 39.7 Å². The summed E-state index contributed by atoms with van der Waals surface area (Å²) in [6.45, 7) is 12.2. The van der Waals surface area contributed by atoms with Crippen LogP contribution in [0.5, 0.6) is 0 Å². The molecule has 1 aliphatic rings. The van der Waals surface area contributed by atoms with Gasteiger partial charge in [0.2, 0.25) is 0 Å². The molecule has 1 unspecified atom stereocenters. The fourth-order valence-electron chi connectivity index (χ4n) is 2.51. The molecule has 0 spiro atoms. The number of aromatic nitrogens is 1. The standard InChI is InChI=1S/C16H27N3O/c1-5-14-12-20-9-8-19(14)15-6-7-17-10-13(15)11-18-16(2,3)4/h6-7,10,14,18H,5,8-9,11-12H2,1-4H3. The maximum Gasteiger partial charge on any atom is 0.0670 e. The summed E-state index contributed by atoms with van der Waals surface area (Å²) in [5, 5.41) is 3.55. The average Bonchev–Trinajstić information content (AvgIpc) is 2.44. The molecule has 1 N–H and O–H groups in total. The van der Waals surface area contributed by atoms with Gasteiger partial charge in [-0.3, -0.25) is 4.98 Å². The van der Waals surface area contributed by atoms with Gasteiger partial charge in [-0.15, -0.1) is 0 Å². The van der Waals surface area contributed by atoms with Gasteiger partial charge in [-0.25, -0.2) is 0 Å². The summed E-state index contributed by atoms with van der Waals surface area (Å²) in [5.41, 5.74) is 2.68. The molecule has 0 saturated carbocycles. The van der Waals surface area contributed by atoms with Crippen LogP contribution in [0.4, 0.5) is 5.69 Å². The predicted molar refractivity (Wildman–Crippen MR) is 83.1 cm³/mol. The van der Waals surface area contributed by atoms with Gasteiger partial charge in [0.25, 0.3) is 0 Å². The highest BCUT2D eigenvalue weighted by molar-refractivity contribution is 5.53. The van der Waals surface area contributed by atoms with E-state index in [1.165, 1.54) is 11.3 Å².